The van der Waals surface area contributed by atoms with Gasteiger partial charge in [0.15, 0.2) is 11.6 Å². The molecule has 19 rings (SSSR count). The maximum absolute atomic E-state index is 6.81. The first-order valence-corrected chi connectivity index (χ1v) is 33.9. The molecule has 2 aliphatic carbocycles. The molecule has 0 N–H and O–H groups in total. The maximum Gasteiger partial charge on any atom is 0.160 e. The Labute approximate surface area is 564 Å². The van der Waals surface area contributed by atoms with Gasteiger partial charge in [0.2, 0.25) is 0 Å². The SMILES string of the molecule is CC1(C)CC(C)(C)c2cc3c(cc2-c2ccc(-c4nc(-c5ccccc5)c5ccccc5n4)cc21)oc1cc2ccccc2cc13.CC1(C)c2cc(-c3ccc4c(-c5ccccc5)nc(-c5ccccc5)nc4c3)ccc2-c2ccc3c(oc4ccc5ccccc5c43)c2C1(C)C. The second kappa shape index (κ2) is 21.6. The fraction of sp³-hybridized carbons (Fsp3) is 0.143. The van der Waals surface area contributed by atoms with Crippen molar-refractivity contribution >= 4 is 87.2 Å². The third-order valence-electron chi connectivity index (χ3n) is 21.8. The van der Waals surface area contributed by atoms with Crippen molar-refractivity contribution < 1.29 is 8.83 Å². The molecular weight excluding hydrogens is 1180 g/mol. The van der Waals surface area contributed by atoms with E-state index in [1.54, 1.807) is 0 Å². The van der Waals surface area contributed by atoms with Crippen molar-refractivity contribution in [1.29, 1.82) is 0 Å². The van der Waals surface area contributed by atoms with Crippen LogP contribution in [0.5, 0.6) is 0 Å². The zero-order chi connectivity index (χ0) is 65.7. The molecule has 6 nitrogen and oxygen atoms in total. The largest absolute Gasteiger partial charge is 0.456 e. The van der Waals surface area contributed by atoms with E-state index in [4.69, 9.17) is 28.8 Å². The quantitative estimate of drug-likeness (QED) is 0.171. The van der Waals surface area contributed by atoms with Crippen molar-refractivity contribution in [2.45, 2.75) is 83.5 Å². The molecule has 4 aromatic heterocycles. The average Bonchev–Trinajstić information content (AvgIpc) is 0.979. The van der Waals surface area contributed by atoms with E-state index < -0.39 is 0 Å². The van der Waals surface area contributed by atoms with Gasteiger partial charge in [-0.3, -0.25) is 0 Å². The third-order valence-corrected chi connectivity index (χ3v) is 21.8. The van der Waals surface area contributed by atoms with Crippen LogP contribution in [0, 0.1) is 0 Å². The highest BCUT2D eigenvalue weighted by molar-refractivity contribution is 6.20. The minimum Gasteiger partial charge on any atom is -0.456 e. The summed E-state index contributed by atoms with van der Waals surface area (Å²) >= 11 is 0. The molecule has 0 unspecified atom stereocenters. The Kier molecular flexibility index (Phi) is 13.0. The van der Waals surface area contributed by atoms with Crippen LogP contribution in [0.1, 0.15) is 84.1 Å². The maximum atomic E-state index is 6.81. The first-order valence-electron chi connectivity index (χ1n) is 33.9. The molecule has 0 fully saturated rings. The predicted molar refractivity (Wildman–Crippen MR) is 403 cm³/mol. The van der Waals surface area contributed by atoms with Crippen molar-refractivity contribution in [3.05, 3.63) is 289 Å². The molecule has 13 aromatic carbocycles. The van der Waals surface area contributed by atoms with Gasteiger partial charge in [0.05, 0.1) is 22.4 Å². The Morgan fingerprint density at radius 2 is 0.794 bits per heavy atom. The molecule has 0 atom stereocenters. The highest BCUT2D eigenvalue weighted by Crippen LogP contribution is 2.58. The van der Waals surface area contributed by atoms with Gasteiger partial charge in [-0.15, -0.1) is 0 Å². The van der Waals surface area contributed by atoms with E-state index in [1.807, 2.05) is 30.3 Å². The van der Waals surface area contributed by atoms with Crippen LogP contribution in [0.3, 0.4) is 0 Å². The topological polar surface area (TPSA) is 77.8 Å². The van der Waals surface area contributed by atoms with E-state index in [9.17, 15) is 0 Å². The van der Waals surface area contributed by atoms with Gasteiger partial charge in [-0.25, -0.2) is 19.9 Å². The first kappa shape index (κ1) is 58.3. The Balaban J connectivity index is 0.000000142. The molecule has 0 radical (unpaired) electrons. The van der Waals surface area contributed by atoms with Crippen molar-refractivity contribution in [1.82, 2.24) is 19.9 Å². The van der Waals surface area contributed by atoms with Crippen molar-refractivity contribution in [2.75, 3.05) is 0 Å². The number of aromatic nitrogens is 4. The highest BCUT2D eigenvalue weighted by atomic mass is 16.3. The van der Waals surface area contributed by atoms with Gasteiger partial charge in [0, 0.05) is 65.5 Å². The summed E-state index contributed by atoms with van der Waals surface area (Å²) < 4.78 is 13.4. The minimum atomic E-state index is -0.219. The Morgan fingerprint density at radius 1 is 0.289 bits per heavy atom. The summed E-state index contributed by atoms with van der Waals surface area (Å²) in [4.78, 5) is 20.5. The molecule has 2 aliphatic rings. The van der Waals surface area contributed by atoms with E-state index in [-0.39, 0.29) is 21.7 Å². The Morgan fingerprint density at radius 3 is 1.51 bits per heavy atom. The van der Waals surface area contributed by atoms with Crippen LogP contribution in [0.4, 0.5) is 0 Å². The van der Waals surface area contributed by atoms with Crippen LogP contribution in [-0.4, -0.2) is 19.9 Å². The number of para-hydroxylation sites is 1. The molecule has 0 spiro atoms. The number of hydrogen-bond acceptors (Lipinski definition) is 6. The van der Waals surface area contributed by atoms with Crippen LogP contribution in [0.15, 0.2) is 276 Å². The van der Waals surface area contributed by atoms with Gasteiger partial charge in [0.1, 0.15) is 22.3 Å². The first-order chi connectivity index (χ1) is 47.0. The molecule has 0 saturated carbocycles. The van der Waals surface area contributed by atoms with Crippen molar-refractivity contribution in [3.8, 4) is 78.7 Å². The normalized spacial score (nSPS) is 14.9. The second-order valence-electron chi connectivity index (χ2n) is 29.2. The number of nitrogens with zero attached hydrogens (tertiary/aromatic N) is 4. The van der Waals surface area contributed by atoms with E-state index >= 15 is 0 Å². The van der Waals surface area contributed by atoms with E-state index in [0.717, 1.165) is 101 Å². The van der Waals surface area contributed by atoms with Gasteiger partial charge in [-0.1, -0.05) is 256 Å². The summed E-state index contributed by atoms with van der Waals surface area (Å²) in [7, 11) is 0. The van der Waals surface area contributed by atoms with Crippen LogP contribution >= 0.6 is 0 Å². The van der Waals surface area contributed by atoms with Crippen LogP contribution in [0.2, 0.25) is 0 Å². The molecule has 6 heteroatoms. The monoisotopic (exact) mass is 1250 g/mol. The summed E-state index contributed by atoms with van der Waals surface area (Å²) in [6.07, 6.45) is 1.00. The number of furan rings is 2. The molecule has 466 valence electrons. The van der Waals surface area contributed by atoms with Gasteiger partial charge < -0.3 is 8.83 Å². The number of hydrogen-bond donors (Lipinski definition) is 0. The molecule has 0 amide bonds. The predicted octanol–water partition coefficient (Wildman–Crippen LogP) is 24.6. The highest BCUT2D eigenvalue weighted by Gasteiger charge is 2.48. The van der Waals surface area contributed by atoms with Gasteiger partial charge in [-0.05, 0) is 161 Å². The molecule has 0 saturated heterocycles. The summed E-state index contributed by atoms with van der Waals surface area (Å²) in [5.41, 5.74) is 23.9. The van der Waals surface area contributed by atoms with Crippen LogP contribution in [0.25, 0.3) is 166 Å². The molecule has 17 aromatic rings. The Bertz CT molecular complexity index is 6090. The van der Waals surface area contributed by atoms with Gasteiger partial charge in [0.25, 0.3) is 0 Å². The second-order valence-corrected chi connectivity index (χ2v) is 29.2. The van der Waals surface area contributed by atoms with Crippen LogP contribution < -0.4 is 0 Å². The van der Waals surface area contributed by atoms with Gasteiger partial charge >= 0.3 is 0 Å². The van der Waals surface area contributed by atoms with Crippen molar-refractivity contribution in [3.63, 3.8) is 0 Å². The lowest BCUT2D eigenvalue weighted by Crippen LogP contribution is -2.43. The average molecular weight is 1250 g/mol. The fourth-order valence-corrected chi connectivity index (χ4v) is 16.5. The summed E-state index contributed by atoms with van der Waals surface area (Å²) in [5.74, 6) is 1.48. The van der Waals surface area contributed by atoms with E-state index in [1.165, 1.54) is 93.2 Å². The van der Waals surface area contributed by atoms with Gasteiger partial charge in [-0.2, -0.15) is 0 Å². The molecule has 0 bridgehead atoms. The zero-order valence-electron chi connectivity index (χ0n) is 55.7. The summed E-state index contributed by atoms with van der Waals surface area (Å²) in [5, 5.41) is 11.7. The standard InChI is InChI=1S/C48H36N2O.C43H34N2O/c1-47(2)39-27-32(33-20-23-37-40(28-33)49-46(31-16-9-6-10-17-31)50-44(37)30-14-7-5-8-15-30)19-22-35(39)36-24-25-38-42-34-18-12-11-13-29(34)21-26-41(42)51-45(38)43(36)48(47,3)4;1-42(2)25-43(3,4)36-23-34-33-20-27-14-8-9-15-28(27)22-38(33)46-39(34)24-32(36)30-19-18-29(21-35(30)42)41-44-37-17-11-10-16-31(37)40(45-41)26-12-6-5-7-13-26/h5-28H,1-4H3;5-24H,25H2,1-4H3. The van der Waals surface area contributed by atoms with E-state index in [0.29, 0.717) is 0 Å². The molecule has 0 aliphatic heterocycles. The zero-order valence-corrected chi connectivity index (χ0v) is 55.7. The number of rotatable bonds is 5. The summed E-state index contributed by atoms with van der Waals surface area (Å²) in [6.45, 7) is 19.1. The lowest BCUT2D eigenvalue weighted by Gasteiger charge is -2.48. The summed E-state index contributed by atoms with van der Waals surface area (Å²) in [6, 6.07) is 95.1. The lowest BCUT2D eigenvalue weighted by atomic mass is 9.55. The third kappa shape index (κ3) is 9.28. The molecular formula is C91H70N4O2. The molecule has 4 heterocycles. The van der Waals surface area contributed by atoms with Crippen molar-refractivity contribution in [2.24, 2.45) is 0 Å². The van der Waals surface area contributed by atoms with E-state index in [2.05, 4.69) is 292 Å². The smallest absolute Gasteiger partial charge is 0.160 e. The number of benzene rings is 13. The number of fused-ring (bicyclic) bond motifs is 18. The Hall–Kier alpha value is -11.3. The lowest BCUT2D eigenvalue weighted by molar-refractivity contribution is 0.299. The van der Waals surface area contributed by atoms with Crippen LogP contribution in [-0.2, 0) is 21.7 Å². The minimum absolute atomic E-state index is 0.0629. The fourth-order valence-electron chi connectivity index (χ4n) is 16.5. The molecule has 97 heavy (non-hydrogen) atoms.